The third-order valence-electron chi connectivity index (χ3n) is 10.5. The summed E-state index contributed by atoms with van der Waals surface area (Å²) in [5.41, 5.74) is 14.3. The number of aromatic nitrogens is 3. The van der Waals surface area contributed by atoms with Crippen molar-refractivity contribution in [1.29, 1.82) is 0 Å². The predicted molar refractivity (Wildman–Crippen MR) is 229 cm³/mol. The van der Waals surface area contributed by atoms with Crippen molar-refractivity contribution in [2.24, 2.45) is 0 Å². The predicted octanol–water partition coefficient (Wildman–Crippen LogP) is 13.1. The number of rotatable bonds is 7. The van der Waals surface area contributed by atoms with Gasteiger partial charge < -0.3 is 9.67 Å². The number of hydrogen-bond donors (Lipinski definition) is 1. The van der Waals surface area contributed by atoms with Crippen LogP contribution in [0.4, 0.5) is 0 Å². The molecule has 0 aliphatic rings. The number of phenols is 1. The quantitative estimate of drug-likeness (QED) is 0.162. The van der Waals surface area contributed by atoms with Gasteiger partial charge in [-0.05, 0) is 59.2 Å². The molecule has 0 spiro atoms. The number of nitrogens with zero attached hydrogens (tertiary/aromatic N) is 3. The molecular formula is C52H34N3OPt-. The number of para-hydroxylation sites is 4. The third kappa shape index (κ3) is 6.65. The summed E-state index contributed by atoms with van der Waals surface area (Å²) < 4.78 is 2.37. The SMILES string of the molecule is Oc1ccccc1-c1cc(-c2ccccc2)cc(-c2[c-]c(-c3cc(-c4cccc5c6ccccc6n(-c6ccccc6)c45)ccn3)ccc2-c2ccccc2)n1.[Pt]. The summed E-state index contributed by atoms with van der Waals surface area (Å²) in [5, 5.41) is 13.4. The van der Waals surface area contributed by atoms with E-state index in [0.717, 1.165) is 67.1 Å². The fraction of sp³-hybridized carbons (Fsp3) is 0. The molecule has 0 saturated heterocycles. The average Bonchev–Trinajstić information content (AvgIpc) is 3.62. The second-order valence-corrected chi connectivity index (χ2v) is 13.9. The zero-order valence-electron chi connectivity index (χ0n) is 30.7. The summed E-state index contributed by atoms with van der Waals surface area (Å²) in [5.74, 6) is 0.180. The van der Waals surface area contributed by atoms with E-state index in [-0.39, 0.29) is 26.8 Å². The van der Waals surface area contributed by atoms with Gasteiger partial charge in [-0.15, -0.1) is 18.2 Å². The van der Waals surface area contributed by atoms with E-state index in [4.69, 9.17) is 9.97 Å². The number of aromatic hydroxyl groups is 1. The summed E-state index contributed by atoms with van der Waals surface area (Å²) in [6, 6.07) is 70.2. The van der Waals surface area contributed by atoms with Crippen LogP contribution in [0.25, 0.3) is 94.6 Å². The van der Waals surface area contributed by atoms with Crippen LogP contribution in [0.3, 0.4) is 0 Å². The van der Waals surface area contributed by atoms with Crippen LogP contribution in [-0.4, -0.2) is 19.6 Å². The van der Waals surface area contributed by atoms with Crippen LogP contribution in [-0.2, 0) is 21.1 Å². The minimum absolute atomic E-state index is 0. The first-order valence-electron chi connectivity index (χ1n) is 18.7. The maximum Gasteiger partial charge on any atom is 0.124 e. The smallest absolute Gasteiger partial charge is 0.124 e. The molecule has 0 unspecified atom stereocenters. The third-order valence-corrected chi connectivity index (χ3v) is 10.5. The second kappa shape index (κ2) is 15.3. The number of benzene rings is 7. The van der Waals surface area contributed by atoms with Gasteiger partial charge in [0.2, 0.25) is 0 Å². The van der Waals surface area contributed by atoms with Crippen LogP contribution in [0.2, 0.25) is 0 Å². The molecule has 4 nitrogen and oxygen atoms in total. The van der Waals surface area contributed by atoms with E-state index >= 15 is 0 Å². The van der Waals surface area contributed by atoms with Crippen LogP contribution >= 0.6 is 0 Å². The molecule has 0 bridgehead atoms. The molecule has 274 valence electrons. The molecule has 3 heterocycles. The number of phenolic OH excluding ortho intramolecular Hbond substituents is 1. The Morgan fingerprint density at radius 3 is 1.88 bits per heavy atom. The van der Waals surface area contributed by atoms with Crippen LogP contribution in [0, 0.1) is 6.07 Å². The van der Waals surface area contributed by atoms with E-state index in [1.54, 1.807) is 6.07 Å². The van der Waals surface area contributed by atoms with Gasteiger partial charge in [-0.3, -0.25) is 9.97 Å². The Labute approximate surface area is 345 Å². The molecule has 5 heteroatoms. The molecule has 0 fully saturated rings. The zero-order chi connectivity index (χ0) is 37.4. The van der Waals surface area contributed by atoms with Gasteiger partial charge in [0.05, 0.1) is 16.7 Å². The van der Waals surface area contributed by atoms with Crippen molar-refractivity contribution in [3.63, 3.8) is 0 Å². The number of fused-ring (bicyclic) bond motifs is 3. The fourth-order valence-corrected chi connectivity index (χ4v) is 7.83. The molecule has 0 aliphatic heterocycles. The Morgan fingerprint density at radius 2 is 1.09 bits per heavy atom. The van der Waals surface area contributed by atoms with Crippen LogP contribution in [0.1, 0.15) is 0 Å². The molecule has 10 rings (SSSR count). The van der Waals surface area contributed by atoms with E-state index < -0.39 is 0 Å². The molecule has 7 aromatic carbocycles. The Morgan fingerprint density at radius 1 is 0.456 bits per heavy atom. The summed E-state index contributed by atoms with van der Waals surface area (Å²) in [6.07, 6.45) is 1.89. The van der Waals surface area contributed by atoms with Gasteiger partial charge in [0.1, 0.15) is 5.75 Å². The maximum absolute atomic E-state index is 11.0. The summed E-state index contributed by atoms with van der Waals surface area (Å²) in [7, 11) is 0. The molecule has 0 saturated carbocycles. The van der Waals surface area contributed by atoms with Crippen molar-refractivity contribution in [1.82, 2.24) is 14.5 Å². The molecule has 57 heavy (non-hydrogen) atoms. The number of pyridine rings is 2. The first-order valence-corrected chi connectivity index (χ1v) is 18.7. The van der Waals surface area contributed by atoms with E-state index in [1.807, 2.05) is 54.7 Å². The molecule has 10 aromatic rings. The average molecular weight is 912 g/mol. The van der Waals surface area contributed by atoms with Gasteiger partial charge in [-0.25, -0.2) is 0 Å². The fourth-order valence-electron chi connectivity index (χ4n) is 7.83. The monoisotopic (exact) mass is 911 g/mol. The van der Waals surface area contributed by atoms with E-state index in [9.17, 15) is 5.11 Å². The summed E-state index contributed by atoms with van der Waals surface area (Å²) in [6.45, 7) is 0. The Balaban J connectivity index is 0.00000422. The van der Waals surface area contributed by atoms with Crippen molar-refractivity contribution in [2.75, 3.05) is 0 Å². The van der Waals surface area contributed by atoms with Gasteiger partial charge in [0.15, 0.2) is 0 Å². The van der Waals surface area contributed by atoms with Gasteiger partial charge in [0.25, 0.3) is 0 Å². The van der Waals surface area contributed by atoms with Crippen LogP contribution in [0.15, 0.2) is 200 Å². The number of hydrogen-bond acceptors (Lipinski definition) is 3. The minimum atomic E-state index is 0. The Hall–Kier alpha value is -6.87. The van der Waals surface area contributed by atoms with Crippen molar-refractivity contribution in [2.45, 2.75) is 0 Å². The van der Waals surface area contributed by atoms with E-state index in [0.29, 0.717) is 11.3 Å². The molecule has 3 aromatic heterocycles. The molecule has 0 atom stereocenters. The zero-order valence-corrected chi connectivity index (χ0v) is 32.9. The van der Waals surface area contributed by atoms with Crippen LogP contribution in [0.5, 0.6) is 5.75 Å². The first kappa shape index (κ1) is 35.8. The van der Waals surface area contributed by atoms with E-state index in [1.165, 1.54) is 16.3 Å². The van der Waals surface area contributed by atoms with Crippen molar-refractivity contribution >= 4 is 21.8 Å². The second-order valence-electron chi connectivity index (χ2n) is 13.9. The Bertz CT molecular complexity index is 3030. The standard InChI is InChI=1S/C52H34N3O.Pt/c56-51-26-13-11-22-45(51)48-33-39(35-15-4-1-5-16-35)34-49(54-48)46-31-38(27-28-41(46)36-17-6-2-7-18-36)47-32-37(29-30-53-47)42-23-14-24-44-43-21-10-12-25-50(43)55(52(42)44)40-19-8-3-9-20-40;/h1-30,32-34,56H;/q-1;. The summed E-state index contributed by atoms with van der Waals surface area (Å²) in [4.78, 5) is 10.2. The molecule has 0 radical (unpaired) electrons. The minimum Gasteiger partial charge on any atom is -0.507 e. The van der Waals surface area contributed by atoms with Gasteiger partial charge in [0, 0.05) is 66.2 Å². The van der Waals surface area contributed by atoms with Crippen molar-refractivity contribution in [3.05, 3.63) is 206 Å². The van der Waals surface area contributed by atoms with Crippen molar-refractivity contribution < 1.29 is 26.2 Å². The molecule has 1 N–H and O–H groups in total. The topological polar surface area (TPSA) is 50.9 Å². The molecule has 0 aliphatic carbocycles. The Kier molecular flexibility index (Phi) is 9.64. The van der Waals surface area contributed by atoms with Gasteiger partial charge in [-0.2, -0.15) is 0 Å². The summed E-state index contributed by atoms with van der Waals surface area (Å²) >= 11 is 0. The van der Waals surface area contributed by atoms with Gasteiger partial charge in [-0.1, -0.05) is 162 Å². The normalized spacial score (nSPS) is 11.1. The molecule has 0 amide bonds. The molecular weight excluding hydrogens is 878 g/mol. The maximum atomic E-state index is 11.0. The van der Waals surface area contributed by atoms with Crippen LogP contribution < -0.4 is 0 Å². The first-order chi connectivity index (χ1) is 27.7. The van der Waals surface area contributed by atoms with E-state index in [2.05, 4.69) is 150 Å². The van der Waals surface area contributed by atoms with Crippen molar-refractivity contribution in [3.8, 4) is 78.6 Å². The van der Waals surface area contributed by atoms with Gasteiger partial charge >= 0.3 is 0 Å². The largest absolute Gasteiger partial charge is 0.507 e.